The number of hydrogen-bond donors (Lipinski definition) is 0. The highest BCUT2D eigenvalue weighted by Crippen LogP contribution is 2.19. The molecule has 0 saturated heterocycles. The van der Waals surface area contributed by atoms with E-state index in [1.54, 1.807) is 27.5 Å². The molecule has 3 rings (SSSR count). The largest absolute Gasteiger partial charge is 0.329 e. The summed E-state index contributed by atoms with van der Waals surface area (Å²) in [6, 6.07) is 7.84. The second-order valence-corrected chi connectivity index (χ2v) is 5.95. The van der Waals surface area contributed by atoms with Crippen LogP contribution in [0, 0.1) is 13.8 Å². The summed E-state index contributed by atoms with van der Waals surface area (Å²) in [7, 11) is 1.81. The molecule has 0 saturated carbocycles. The monoisotopic (exact) mass is 273 g/mol. The molecule has 3 aromatic rings. The molecule has 19 heavy (non-hydrogen) atoms. The van der Waals surface area contributed by atoms with Crippen molar-refractivity contribution < 1.29 is 0 Å². The number of hydrogen-bond acceptors (Lipinski definition) is 3. The molecule has 4 nitrogen and oxygen atoms in total. The molecule has 0 radical (unpaired) electrons. The average Bonchev–Trinajstić information content (AvgIpc) is 2.84. The lowest BCUT2D eigenvalue weighted by molar-refractivity contribution is 0.731. The van der Waals surface area contributed by atoms with Crippen molar-refractivity contribution >= 4 is 22.4 Å². The van der Waals surface area contributed by atoms with E-state index in [1.165, 1.54) is 4.88 Å². The first-order valence-corrected chi connectivity index (χ1v) is 6.96. The molecule has 0 unspecified atom stereocenters. The number of benzene rings is 1. The van der Waals surface area contributed by atoms with Crippen molar-refractivity contribution in [3.05, 3.63) is 50.3 Å². The summed E-state index contributed by atoms with van der Waals surface area (Å²) in [5, 5.41) is 0.980. The number of fused-ring (bicyclic) bond motifs is 1. The standard InChI is InChI=1S/C14H15N3OS/c1-9-10(2)19-13(15-9)8-17-12-7-5-4-6-11(12)16(3)14(17)18/h4-7H,8H2,1-3H3. The van der Waals surface area contributed by atoms with Crippen molar-refractivity contribution in [1.29, 1.82) is 0 Å². The van der Waals surface area contributed by atoms with Gasteiger partial charge >= 0.3 is 5.69 Å². The Balaban J connectivity index is 2.15. The van der Waals surface area contributed by atoms with E-state index in [4.69, 9.17) is 0 Å². The quantitative estimate of drug-likeness (QED) is 0.719. The van der Waals surface area contributed by atoms with E-state index in [-0.39, 0.29) is 5.69 Å². The third-order valence-corrected chi connectivity index (χ3v) is 4.48. The number of imidazole rings is 1. The van der Waals surface area contributed by atoms with Crippen LogP contribution in [0.1, 0.15) is 15.6 Å². The minimum Gasteiger partial charge on any atom is -0.295 e. The molecule has 0 fully saturated rings. The van der Waals surface area contributed by atoms with Gasteiger partial charge in [0.25, 0.3) is 0 Å². The summed E-state index contributed by atoms with van der Waals surface area (Å²) >= 11 is 1.66. The van der Waals surface area contributed by atoms with Gasteiger partial charge in [0, 0.05) is 11.9 Å². The van der Waals surface area contributed by atoms with Gasteiger partial charge in [-0.3, -0.25) is 9.13 Å². The van der Waals surface area contributed by atoms with Crippen LogP contribution in [0.5, 0.6) is 0 Å². The van der Waals surface area contributed by atoms with Gasteiger partial charge in [0.05, 0.1) is 23.3 Å². The summed E-state index contributed by atoms with van der Waals surface area (Å²) in [5.74, 6) is 0. The lowest BCUT2D eigenvalue weighted by Crippen LogP contribution is -2.22. The van der Waals surface area contributed by atoms with Gasteiger partial charge in [0.1, 0.15) is 5.01 Å². The number of aromatic nitrogens is 3. The first-order valence-electron chi connectivity index (χ1n) is 6.15. The van der Waals surface area contributed by atoms with Crippen molar-refractivity contribution in [3.63, 3.8) is 0 Å². The Labute approximate surface area is 115 Å². The van der Waals surface area contributed by atoms with E-state index in [0.717, 1.165) is 21.7 Å². The van der Waals surface area contributed by atoms with E-state index in [1.807, 2.05) is 31.2 Å². The summed E-state index contributed by atoms with van der Waals surface area (Å²) in [5.41, 5.74) is 2.97. The van der Waals surface area contributed by atoms with E-state index >= 15 is 0 Å². The van der Waals surface area contributed by atoms with Crippen LogP contribution in [-0.2, 0) is 13.6 Å². The van der Waals surface area contributed by atoms with Crippen LogP contribution >= 0.6 is 11.3 Å². The lowest BCUT2D eigenvalue weighted by Gasteiger charge is -1.99. The SMILES string of the molecule is Cc1nc(Cn2c(=O)n(C)c3ccccc32)sc1C. The van der Waals surface area contributed by atoms with Gasteiger partial charge in [-0.25, -0.2) is 9.78 Å². The molecule has 0 N–H and O–H groups in total. The van der Waals surface area contributed by atoms with Gasteiger partial charge in [0.2, 0.25) is 0 Å². The van der Waals surface area contributed by atoms with Crippen LogP contribution in [0.25, 0.3) is 11.0 Å². The fraction of sp³-hybridized carbons (Fsp3) is 0.286. The van der Waals surface area contributed by atoms with Gasteiger partial charge < -0.3 is 0 Å². The molecule has 5 heteroatoms. The number of thiazole rings is 1. The maximum absolute atomic E-state index is 12.3. The molecule has 0 aliphatic heterocycles. The van der Waals surface area contributed by atoms with Crippen LogP contribution in [0.15, 0.2) is 29.1 Å². The third-order valence-electron chi connectivity index (χ3n) is 3.42. The van der Waals surface area contributed by atoms with Gasteiger partial charge in [0.15, 0.2) is 0 Å². The van der Waals surface area contributed by atoms with E-state index in [0.29, 0.717) is 6.54 Å². The van der Waals surface area contributed by atoms with Crippen molar-refractivity contribution in [2.75, 3.05) is 0 Å². The van der Waals surface area contributed by atoms with Crippen LogP contribution < -0.4 is 5.69 Å². The summed E-state index contributed by atoms with van der Waals surface area (Å²) in [4.78, 5) is 18.0. The van der Waals surface area contributed by atoms with Crippen molar-refractivity contribution in [3.8, 4) is 0 Å². The Morgan fingerprint density at radius 2 is 1.89 bits per heavy atom. The number of aryl methyl sites for hydroxylation is 3. The number of para-hydroxylation sites is 2. The first-order chi connectivity index (χ1) is 9.08. The Kier molecular flexibility index (Phi) is 2.78. The Morgan fingerprint density at radius 3 is 2.53 bits per heavy atom. The summed E-state index contributed by atoms with van der Waals surface area (Å²) < 4.78 is 3.47. The second kappa shape index (κ2) is 4.35. The second-order valence-electron chi connectivity index (χ2n) is 4.67. The third kappa shape index (κ3) is 1.90. The molecule has 2 aromatic heterocycles. The number of rotatable bonds is 2. The fourth-order valence-electron chi connectivity index (χ4n) is 2.26. The first kappa shape index (κ1) is 12.2. The Bertz CT molecular complexity index is 790. The fourth-order valence-corrected chi connectivity index (χ4v) is 3.18. The Morgan fingerprint density at radius 1 is 1.21 bits per heavy atom. The molecule has 2 heterocycles. The predicted octanol–water partition coefficient (Wildman–Crippen LogP) is 2.46. The highest BCUT2D eigenvalue weighted by molar-refractivity contribution is 7.11. The van der Waals surface area contributed by atoms with Crippen LogP contribution in [0.4, 0.5) is 0 Å². The van der Waals surface area contributed by atoms with E-state index in [2.05, 4.69) is 11.9 Å². The molecule has 0 aliphatic rings. The predicted molar refractivity (Wildman–Crippen MR) is 77.9 cm³/mol. The van der Waals surface area contributed by atoms with Gasteiger partial charge in [-0.05, 0) is 26.0 Å². The summed E-state index contributed by atoms with van der Waals surface area (Å²) in [6.07, 6.45) is 0. The van der Waals surface area contributed by atoms with Gasteiger partial charge in [-0.2, -0.15) is 0 Å². The topological polar surface area (TPSA) is 39.8 Å². The zero-order valence-electron chi connectivity index (χ0n) is 11.2. The molecular weight excluding hydrogens is 258 g/mol. The highest BCUT2D eigenvalue weighted by Gasteiger charge is 2.12. The maximum Gasteiger partial charge on any atom is 0.329 e. The minimum atomic E-state index is 0.00621. The van der Waals surface area contributed by atoms with Crippen LogP contribution in [-0.4, -0.2) is 14.1 Å². The zero-order valence-corrected chi connectivity index (χ0v) is 12.0. The van der Waals surface area contributed by atoms with Crippen molar-refractivity contribution in [2.24, 2.45) is 7.05 Å². The lowest BCUT2D eigenvalue weighted by atomic mass is 10.3. The Hall–Kier alpha value is -1.88. The zero-order chi connectivity index (χ0) is 13.6. The maximum atomic E-state index is 12.3. The van der Waals surface area contributed by atoms with Gasteiger partial charge in [-0.1, -0.05) is 12.1 Å². The smallest absolute Gasteiger partial charge is 0.295 e. The summed E-state index contributed by atoms with van der Waals surface area (Å²) in [6.45, 7) is 4.60. The van der Waals surface area contributed by atoms with Crippen LogP contribution in [0.2, 0.25) is 0 Å². The normalized spacial score (nSPS) is 11.3. The van der Waals surface area contributed by atoms with E-state index in [9.17, 15) is 4.79 Å². The molecule has 98 valence electrons. The van der Waals surface area contributed by atoms with E-state index < -0.39 is 0 Å². The minimum absolute atomic E-state index is 0.00621. The number of nitrogens with zero attached hydrogens (tertiary/aromatic N) is 3. The molecule has 0 atom stereocenters. The molecule has 1 aromatic carbocycles. The van der Waals surface area contributed by atoms with Crippen molar-refractivity contribution in [1.82, 2.24) is 14.1 Å². The molecule has 0 aliphatic carbocycles. The van der Waals surface area contributed by atoms with Crippen molar-refractivity contribution in [2.45, 2.75) is 20.4 Å². The average molecular weight is 273 g/mol. The van der Waals surface area contributed by atoms with Crippen LogP contribution in [0.3, 0.4) is 0 Å². The molecule has 0 amide bonds. The highest BCUT2D eigenvalue weighted by atomic mass is 32.1. The molecular formula is C14H15N3OS. The van der Waals surface area contributed by atoms with Gasteiger partial charge in [-0.15, -0.1) is 11.3 Å². The molecule has 0 bridgehead atoms. The molecule has 0 spiro atoms.